The Morgan fingerprint density at radius 2 is 1.62 bits per heavy atom. The van der Waals surface area contributed by atoms with E-state index in [4.69, 9.17) is 11.6 Å². The maximum Gasteiger partial charge on any atom is 0.237 e. The van der Waals surface area contributed by atoms with Crippen molar-refractivity contribution >= 4 is 17.5 Å². The van der Waals surface area contributed by atoms with Gasteiger partial charge in [0.25, 0.3) is 0 Å². The summed E-state index contributed by atoms with van der Waals surface area (Å²) in [5.41, 5.74) is 0. The van der Waals surface area contributed by atoms with Crippen LogP contribution in [-0.2, 0) is 4.79 Å². The molecule has 2 nitrogen and oxygen atoms in total. The van der Waals surface area contributed by atoms with Gasteiger partial charge in [-0.3, -0.25) is 4.79 Å². The molecule has 2 saturated carbocycles. The average Bonchev–Trinajstić information content (AvgIpc) is 3.14. The minimum absolute atomic E-state index is 0.157. The first-order valence-electron chi connectivity index (χ1n) is 6.63. The number of carbonyl (C=O) groups excluding carboxylic acids is 1. The molecule has 2 aliphatic carbocycles. The summed E-state index contributed by atoms with van der Waals surface area (Å²) in [6, 6.07) is 1.01. The molecular weight excluding hydrogens is 222 g/mol. The van der Waals surface area contributed by atoms with E-state index >= 15 is 0 Å². The molecule has 0 aromatic carbocycles. The SMILES string of the molecule is CCC1CCC(N(C(=O)CCl)C2CC2)CC1. The molecule has 0 radical (unpaired) electrons. The fourth-order valence-corrected chi connectivity index (χ4v) is 3.10. The molecule has 2 aliphatic rings. The second kappa shape index (κ2) is 5.39. The van der Waals surface area contributed by atoms with E-state index in [9.17, 15) is 4.79 Å². The predicted octanol–water partition coefficient (Wildman–Crippen LogP) is 3.19. The molecule has 1 amide bonds. The first kappa shape index (κ1) is 12.2. The quantitative estimate of drug-likeness (QED) is 0.695. The number of rotatable bonds is 4. The smallest absolute Gasteiger partial charge is 0.237 e. The Morgan fingerprint density at radius 3 is 2.00 bits per heavy atom. The van der Waals surface area contributed by atoms with E-state index in [1.165, 1.54) is 44.9 Å². The van der Waals surface area contributed by atoms with E-state index in [1.807, 2.05) is 0 Å². The van der Waals surface area contributed by atoms with Crippen LogP contribution in [0.15, 0.2) is 0 Å². The highest BCUT2D eigenvalue weighted by molar-refractivity contribution is 6.27. The zero-order valence-corrected chi connectivity index (χ0v) is 10.9. The van der Waals surface area contributed by atoms with E-state index in [1.54, 1.807) is 0 Å². The highest BCUT2D eigenvalue weighted by atomic mass is 35.5. The van der Waals surface area contributed by atoms with E-state index in [-0.39, 0.29) is 11.8 Å². The van der Waals surface area contributed by atoms with Crippen LogP contribution in [0.2, 0.25) is 0 Å². The number of amides is 1. The molecule has 0 atom stereocenters. The lowest BCUT2D eigenvalue weighted by Gasteiger charge is -2.36. The second-order valence-electron chi connectivity index (χ2n) is 5.25. The monoisotopic (exact) mass is 243 g/mol. The van der Waals surface area contributed by atoms with Crippen LogP contribution < -0.4 is 0 Å². The van der Waals surface area contributed by atoms with Gasteiger partial charge in [0.05, 0.1) is 0 Å². The normalized spacial score (nSPS) is 30.1. The summed E-state index contributed by atoms with van der Waals surface area (Å²) >= 11 is 5.70. The zero-order chi connectivity index (χ0) is 11.5. The molecule has 2 rings (SSSR count). The van der Waals surface area contributed by atoms with Gasteiger partial charge in [-0.15, -0.1) is 11.6 Å². The fourth-order valence-electron chi connectivity index (χ4n) is 2.96. The average molecular weight is 244 g/mol. The van der Waals surface area contributed by atoms with Crippen molar-refractivity contribution in [3.63, 3.8) is 0 Å². The number of nitrogens with zero attached hydrogens (tertiary/aromatic N) is 1. The standard InChI is InChI=1S/C13H22ClNO/c1-2-10-3-5-11(6-4-10)15(12-7-8-12)13(16)9-14/h10-12H,2-9H2,1H3. The summed E-state index contributed by atoms with van der Waals surface area (Å²) in [6.45, 7) is 2.27. The van der Waals surface area contributed by atoms with Gasteiger partial charge in [0.1, 0.15) is 5.88 Å². The highest BCUT2D eigenvalue weighted by Gasteiger charge is 2.38. The van der Waals surface area contributed by atoms with Crippen molar-refractivity contribution in [1.29, 1.82) is 0 Å². The lowest BCUT2D eigenvalue weighted by molar-refractivity contribution is -0.132. The molecule has 0 N–H and O–H groups in total. The first-order valence-corrected chi connectivity index (χ1v) is 7.16. The lowest BCUT2D eigenvalue weighted by Crippen LogP contribution is -2.44. The number of carbonyl (C=O) groups is 1. The Bertz CT molecular complexity index is 244. The Kier molecular flexibility index (Phi) is 4.12. The van der Waals surface area contributed by atoms with Crippen molar-refractivity contribution in [2.45, 2.75) is 64.0 Å². The van der Waals surface area contributed by atoms with Crippen molar-refractivity contribution < 1.29 is 4.79 Å². The molecule has 0 aromatic rings. The Hall–Kier alpha value is -0.240. The highest BCUT2D eigenvalue weighted by Crippen LogP contribution is 2.36. The lowest BCUT2D eigenvalue weighted by atomic mass is 9.84. The van der Waals surface area contributed by atoms with Gasteiger partial charge < -0.3 is 4.90 Å². The van der Waals surface area contributed by atoms with Gasteiger partial charge in [-0.05, 0) is 44.4 Å². The minimum atomic E-state index is 0.157. The Morgan fingerprint density at radius 1 is 1.12 bits per heavy atom. The van der Waals surface area contributed by atoms with Crippen LogP contribution in [0.3, 0.4) is 0 Å². The molecule has 0 unspecified atom stereocenters. The minimum Gasteiger partial charge on any atom is -0.336 e. The summed E-state index contributed by atoms with van der Waals surface area (Å²) in [5, 5.41) is 0. The third-order valence-electron chi connectivity index (χ3n) is 4.13. The van der Waals surface area contributed by atoms with E-state index in [0.29, 0.717) is 12.1 Å². The zero-order valence-electron chi connectivity index (χ0n) is 10.1. The second-order valence-corrected chi connectivity index (χ2v) is 5.52. The third kappa shape index (κ3) is 2.71. The number of halogens is 1. The van der Waals surface area contributed by atoms with Crippen LogP contribution in [0.4, 0.5) is 0 Å². The van der Waals surface area contributed by atoms with Crippen LogP contribution in [0, 0.1) is 5.92 Å². The number of alkyl halides is 1. The fraction of sp³-hybridized carbons (Fsp3) is 0.923. The van der Waals surface area contributed by atoms with Crippen LogP contribution in [0.5, 0.6) is 0 Å². The van der Waals surface area contributed by atoms with Gasteiger partial charge in [0, 0.05) is 12.1 Å². The van der Waals surface area contributed by atoms with Crippen molar-refractivity contribution in [1.82, 2.24) is 4.90 Å². The summed E-state index contributed by atoms with van der Waals surface area (Å²) in [6.07, 6.45) is 8.64. The van der Waals surface area contributed by atoms with Gasteiger partial charge in [0.2, 0.25) is 5.91 Å². The molecule has 92 valence electrons. The molecule has 0 aromatic heterocycles. The molecule has 0 bridgehead atoms. The van der Waals surface area contributed by atoms with Gasteiger partial charge in [-0.1, -0.05) is 13.3 Å². The summed E-state index contributed by atoms with van der Waals surface area (Å²) in [5.74, 6) is 1.21. The maximum atomic E-state index is 11.8. The van der Waals surface area contributed by atoms with E-state index in [0.717, 1.165) is 5.92 Å². The predicted molar refractivity (Wildman–Crippen MR) is 66.6 cm³/mol. The molecule has 0 saturated heterocycles. The van der Waals surface area contributed by atoms with Crippen LogP contribution >= 0.6 is 11.6 Å². The maximum absolute atomic E-state index is 11.8. The molecule has 0 aliphatic heterocycles. The van der Waals surface area contributed by atoms with Crippen LogP contribution in [-0.4, -0.2) is 28.8 Å². The molecule has 0 spiro atoms. The van der Waals surface area contributed by atoms with Crippen LogP contribution in [0.25, 0.3) is 0 Å². The molecule has 2 fully saturated rings. The number of hydrogen-bond acceptors (Lipinski definition) is 1. The molecule has 3 heteroatoms. The Labute approximate surface area is 103 Å². The van der Waals surface area contributed by atoms with Gasteiger partial charge in [-0.25, -0.2) is 0 Å². The summed E-state index contributed by atoms with van der Waals surface area (Å²) in [7, 11) is 0. The van der Waals surface area contributed by atoms with Crippen molar-refractivity contribution in [2.75, 3.05) is 5.88 Å². The molecular formula is C13H22ClNO. The van der Waals surface area contributed by atoms with E-state index < -0.39 is 0 Å². The van der Waals surface area contributed by atoms with Crippen molar-refractivity contribution in [2.24, 2.45) is 5.92 Å². The van der Waals surface area contributed by atoms with Crippen molar-refractivity contribution in [3.8, 4) is 0 Å². The van der Waals surface area contributed by atoms with Gasteiger partial charge in [0.15, 0.2) is 0 Å². The first-order chi connectivity index (χ1) is 7.76. The number of hydrogen-bond donors (Lipinski definition) is 0. The van der Waals surface area contributed by atoms with E-state index in [2.05, 4.69) is 11.8 Å². The summed E-state index contributed by atoms with van der Waals surface area (Å²) in [4.78, 5) is 13.9. The molecule has 16 heavy (non-hydrogen) atoms. The largest absolute Gasteiger partial charge is 0.336 e. The summed E-state index contributed by atoms with van der Waals surface area (Å²) < 4.78 is 0. The van der Waals surface area contributed by atoms with Crippen molar-refractivity contribution in [3.05, 3.63) is 0 Å². The topological polar surface area (TPSA) is 20.3 Å². The molecule has 0 heterocycles. The van der Waals surface area contributed by atoms with Crippen LogP contribution in [0.1, 0.15) is 51.9 Å². The third-order valence-corrected chi connectivity index (χ3v) is 4.36. The van der Waals surface area contributed by atoms with Gasteiger partial charge in [-0.2, -0.15) is 0 Å². The van der Waals surface area contributed by atoms with Gasteiger partial charge >= 0.3 is 0 Å². The Balaban J connectivity index is 1.91.